The van der Waals surface area contributed by atoms with Gasteiger partial charge in [0.25, 0.3) is 5.91 Å². The summed E-state index contributed by atoms with van der Waals surface area (Å²) in [6.07, 6.45) is 1.95. The van der Waals surface area contributed by atoms with Crippen molar-refractivity contribution in [1.82, 2.24) is 4.90 Å². The Morgan fingerprint density at radius 2 is 1.92 bits per heavy atom. The molecule has 1 aromatic carbocycles. The van der Waals surface area contributed by atoms with Crippen LogP contribution in [-0.4, -0.2) is 55.5 Å². The first-order chi connectivity index (χ1) is 12.1. The smallest absolute Gasteiger partial charge is 0.309 e. The fourth-order valence-corrected chi connectivity index (χ4v) is 3.18. The van der Waals surface area contributed by atoms with Crippen LogP contribution in [0.4, 0.5) is 5.69 Å². The highest BCUT2D eigenvalue weighted by molar-refractivity contribution is 6.05. The van der Waals surface area contributed by atoms with Gasteiger partial charge in [0, 0.05) is 13.1 Å². The zero-order chi connectivity index (χ0) is 17.8. The van der Waals surface area contributed by atoms with Gasteiger partial charge in [0.2, 0.25) is 5.91 Å². The van der Waals surface area contributed by atoms with Crippen LogP contribution in [0.1, 0.15) is 25.7 Å². The Bertz CT molecular complexity index is 669. The number of carbonyl (C=O) groups is 3. The molecular weight excluding hydrogens is 324 g/mol. The van der Waals surface area contributed by atoms with Crippen molar-refractivity contribution in [3.05, 3.63) is 24.3 Å². The fourth-order valence-electron chi connectivity index (χ4n) is 3.18. The van der Waals surface area contributed by atoms with Crippen LogP contribution >= 0.6 is 0 Å². The van der Waals surface area contributed by atoms with Gasteiger partial charge in [-0.1, -0.05) is 12.1 Å². The van der Waals surface area contributed by atoms with Crippen molar-refractivity contribution in [1.29, 1.82) is 0 Å². The second kappa shape index (κ2) is 7.55. The number of ether oxygens (including phenoxy) is 2. The second-order valence-electron chi connectivity index (χ2n) is 6.22. The molecule has 25 heavy (non-hydrogen) atoms. The summed E-state index contributed by atoms with van der Waals surface area (Å²) in [6, 6.07) is 7.04. The maximum absolute atomic E-state index is 12.8. The average molecular weight is 346 g/mol. The minimum absolute atomic E-state index is 0.0448. The highest BCUT2D eigenvalue weighted by atomic mass is 16.5. The maximum Gasteiger partial charge on any atom is 0.309 e. The van der Waals surface area contributed by atoms with Crippen LogP contribution < -0.4 is 9.64 Å². The van der Waals surface area contributed by atoms with Crippen molar-refractivity contribution in [2.75, 3.05) is 31.6 Å². The van der Waals surface area contributed by atoms with Crippen LogP contribution in [0.15, 0.2) is 24.3 Å². The third-order valence-corrected chi connectivity index (χ3v) is 4.55. The molecule has 1 saturated heterocycles. The Labute approximate surface area is 146 Å². The maximum atomic E-state index is 12.8. The molecular formula is C18H22N2O5. The molecule has 0 radical (unpaired) electrons. The third kappa shape index (κ3) is 3.75. The van der Waals surface area contributed by atoms with Crippen molar-refractivity contribution < 1.29 is 23.9 Å². The molecule has 2 amide bonds. The zero-order valence-electron chi connectivity index (χ0n) is 14.3. The summed E-state index contributed by atoms with van der Waals surface area (Å²) in [5.74, 6) is -0.515. The lowest BCUT2D eigenvalue weighted by Crippen LogP contribution is -2.51. The summed E-state index contributed by atoms with van der Waals surface area (Å²) in [6.45, 7) is 1.41. The summed E-state index contributed by atoms with van der Waals surface area (Å²) < 4.78 is 10.3. The molecule has 134 valence electrons. The normalized spacial score (nSPS) is 19.9. The number of amides is 2. The highest BCUT2D eigenvalue weighted by Gasteiger charge is 2.37. The Morgan fingerprint density at radius 3 is 2.64 bits per heavy atom. The molecule has 0 saturated carbocycles. The Hall–Kier alpha value is -2.57. The van der Waals surface area contributed by atoms with Crippen LogP contribution in [0, 0.1) is 0 Å². The first-order valence-corrected chi connectivity index (χ1v) is 8.52. The van der Waals surface area contributed by atoms with E-state index in [2.05, 4.69) is 4.74 Å². The summed E-state index contributed by atoms with van der Waals surface area (Å²) in [7, 11) is 1.27. The molecule has 0 aromatic heterocycles. The monoisotopic (exact) mass is 346 g/mol. The van der Waals surface area contributed by atoms with Crippen LogP contribution in [0.2, 0.25) is 0 Å². The topological polar surface area (TPSA) is 76.2 Å². The van der Waals surface area contributed by atoms with E-state index in [0.29, 0.717) is 11.4 Å². The van der Waals surface area contributed by atoms with Crippen LogP contribution in [0.25, 0.3) is 0 Å². The molecule has 2 aliphatic heterocycles. The summed E-state index contributed by atoms with van der Waals surface area (Å²) in [5, 5.41) is 0. The number of benzene rings is 1. The van der Waals surface area contributed by atoms with E-state index in [-0.39, 0.29) is 18.9 Å². The summed E-state index contributed by atoms with van der Waals surface area (Å²) in [4.78, 5) is 40.2. The average Bonchev–Trinajstić information content (AvgIpc) is 2.65. The lowest BCUT2D eigenvalue weighted by Gasteiger charge is -2.35. The number of esters is 1. The molecule has 0 aliphatic carbocycles. The molecule has 0 spiro atoms. The number of hydrogen-bond acceptors (Lipinski definition) is 5. The number of methoxy groups -OCH3 is 1. The molecule has 1 unspecified atom stereocenters. The Kier molecular flexibility index (Phi) is 5.21. The number of nitrogens with zero attached hydrogens (tertiary/aromatic N) is 2. The molecule has 1 aromatic rings. The number of piperidine rings is 1. The molecule has 1 fully saturated rings. The number of fused-ring (bicyclic) bond motifs is 1. The van der Waals surface area contributed by atoms with Crippen molar-refractivity contribution in [3.8, 4) is 5.75 Å². The van der Waals surface area contributed by atoms with Gasteiger partial charge in [-0.2, -0.15) is 0 Å². The first-order valence-electron chi connectivity index (χ1n) is 8.52. The molecule has 2 aliphatic rings. The van der Waals surface area contributed by atoms with E-state index in [1.54, 1.807) is 29.2 Å². The van der Waals surface area contributed by atoms with Gasteiger partial charge in [-0.25, -0.2) is 0 Å². The third-order valence-electron chi connectivity index (χ3n) is 4.55. The number of carbonyl (C=O) groups excluding carboxylic acids is 3. The second-order valence-corrected chi connectivity index (χ2v) is 6.22. The lowest BCUT2D eigenvalue weighted by molar-refractivity contribution is -0.145. The van der Waals surface area contributed by atoms with E-state index in [0.717, 1.165) is 32.4 Å². The Balaban J connectivity index is 1.80. The van der Waals surface area contributed by atoms with Crippen molar-refractivity contribution in [2.24, 2.45) is 0 Å². The largest absolute Gasteiger partial charge is 0.478 e. The van der Waals surface area contributed by atoms with Crippen LogP contribution in [0.3, 0.4) is 0 Å². The molecule has 1 atom stereocenters. The van der Waals surface area contributed by atoms with Gasteiger partial charge in [-0.05, 0) is 31.4 Å². The van der Waals surface area contributed by atoms with Gasteiger partial charge in [0.15, 0.2) is 6.10 Å². The van der Waals surface area contributed by atoms with E-state index in [1.165, 1.54) is 12.0 Å². The quantitative estimate of drug-likeness (QED) is 0.770. The lowest BCUT2D eigenvalue weighted by atomic mass is 10.1. The van der Waals surface area contributed by atoms with Crippen LogP contribution in [0.5, 0.6) is 5.75 Å². The number of hydrogen-bond donors (Lipinski definition) is 0. The summed E-state index contributed by atoms with van der Waals surface area (Å²) in [5.41, 5.74) is 0.555. The van der Waals surface area contributed by atoms with Gasteiger partial charge in [-0.3, -0.25) is 19.3 Å². The minimum atomic E-state index is -0.975. The molecule has 7 nitrogen and oxygen atoms in total. The molecule has 0 N–H and O–H groups in total. The van der Waals surface area contributed by atoms with Crippen molar-refractivity contribution in [3.63, 3.8) is 0 Å². The standard InChI is InChI=1S/C18H22N2O5/c1-24-17(22)11-15-18(23)20(13-7-3-4-8-14(13)25-15)12-16(21)19-9-5-2-6-10-19/h3-4,7-8,15H,2,5-6,9-12H2,1H3. The molecule has 7 heteroatoms. The van der Waals surface area contributed by atoms with Crippen molar-refractivity contribution in [2.45, 2.75) is 31.8 Å². The minimum Gasteiger partial charge on any atom is -0.478 e. The van der Waals surface area contributed by atoms with E-state index < -0.39 is 18.0 Å². The number of para-hydroxylation sites is 2. The molecule has 0 bridgehead atoms. The number of rotatable bonds is 4. The molecule has 3 rings (SSSR count). The highest BCUT2D eigenvalue weighted by Crippen LogP contribution is 2.34. The van der Waals surface area contributed by atoms with Crippen LogP contribution in [-0.2, 0) is 19.1 Å². The summed E-state index contributed by atoms with van der Waals surface area (Å²) >= 11 is 0. The van der Waals surface area contributed by atoms with Crippen molar-refractivity contribution >= 4 is 23.5 Å². The van der Waals surface area contributed by atoms with Gasteiger partial charge < -0.3 is 14.4 Å². The predicted octanol–water partition coefficient (Wildman–Crippen LogP) is 1.36. The molecule has 2 heterocycles. The van der Waals surface area contributed by atoms with E-state index in [9.17, 15) is 14.4 Å². The van der Waals surface area contributed by atoms with Gasteiger partial charge >= 0.3 is 5.97 Å². The van der Waals surface area contributed by atoms with E-state index in [1.807, 2.05) is 0 Å². The predicted molar refractivity (Wildman–Crippen MR) is 90.3 cm³/mol. The van der Waals surface area contributed by atoms with Gasteiger partial charge in [-0.15, -0.1) is 0 Å². The zero-order valence-corrected chi connectivity index (χ0v) is 14.3. The first kappa shape index (κ1) is 17.3. The number of likely N-dealkylation sites (tertiary alicyclic amines) is 1. The van der Waals surface area contributed by atoms with E-state index >= 15 is 0 Å². The fraction of sp³-hybridized carbons (Fsp3) is 0.500. The Morgan fingerprint density at radius 1 is 1.20 bits per heavy atom. The number of anilines is 1. The van der Waals surface area contributed by atoms with E-state index in [4.69, 9.17) is 4.74 Å². The van der Waals surface area contributed by atoms with Gasteiger partial charge in [0.1, 0.15) is 12.3 Å². The van der Waals surface area contributed by atoms with Gasteiger partial charge in [0.05, 0.1) is 19.2 Å². The SMILES string of the molecule is COC(=O)CC1Oc2ccccc2N(CC(=O)N2CCCCC2)C1=O.